The van der Waals surface area contributed by atoms with E-state index in [1.54, 1.807) is 0 Å². The minimum atomic E-state index is 0.763. The van der Waals surface area contributed by atoms with Gasteiger partial charge in [-0.3, -0.25) is 4.90 Å². The Morgan fingerprint density at radius 2 is 2.14 bits per heavy atom. The molecule has 2 aliphatic heterocycles. The highest BCUT2D eigenvalue weighted by Gasteiger charge is 2.30. The summed E-state index contributed by atoms with van der Waals surface area (Å²) in [6, 6.07) is 0.763. The van der Waals surface area contributed by atoms with Crippen molar-refractivity contribution in [3.63, 3.8) is 0 Å². The number of hydrogen-bond acceptors (Lipinski definition) is 5. The number of nitrogens with one attached hydrogen (secondary N) is 1. The second-order valence-electron chi connectivity index (χ2n) is 6.28. The van der Waals surface area contributed by atoms with Gasteiger partial charge < -0.3 is 10.2 Å². The van der Waals surface area contributed by atoms with Crippen molar-refractivity contribution < 1.29 is 0 Å². The van der Waals surface area contributed by atoms with Crippen LogP contribution in [0.1, 0.15) is 43.2 Å². The average Bonchev–Trinajstić information content (AvgIpc) is 3.02. The molecule has 0 amide bonds. The van der Waals surface area contributed by atoms with Gasteiger partial charge in [0.05, 0.1) is 5.69 Å². The topological polar surface area (TPSA) is 31.4 Å². The van der Waals surface area contributed by atoms with E-state index < -0.39 is 0 Å². The SMILES string of the molecule is CCCc1nc(N2CCCN3CCCC3C2)sc1CNC. The van der Waals surface area contributed by atoms with Crippen molar-refractivity contribution in [2.24, 2.45) is 0 Å². The molecule has 1 aromatic heterocycles. The Morgan fingerprint density at radius 3 is 2.95 bits per heavy atom. The van der Waals surface area contributed by atoms with Crippen LogP contribution in [0.5, 0.6) is 0 Å². The highest BCUT2D eigenvalue weighted by molar-refractivity contribution is 7.15. The van der Waals surface area contributed by atoms with Gasteiger partial charge in [-0.1, -0.05) is 13.3 Å². The zero-order valence-corrected chi connectivity index (χ0v) is 14.2. The molecule has 2 saturated heterocycles. The van der Waals surface area contributed by atoms with Crippen molar-refractivity contribution in [3.05, 3.63) is 10.6 Å². The van der Waals surface area contributed by atoms with E-state index in [2.05, 4.69) is 22.0 Å². The van der Waals surface area contributed by atoms with Crippen LogP contribution in [-0.2, 0) is 13.0 Å². The maximum absolute atomic E-state index is 4.98. The van der Waals surface area contributed by atoms with Gasteiger partial charge in [-0.05, 0) is 39.3 Å². The first kappa shape index (κ1) is 15.3. The highest BCUT2D eigenvalue weighted by atomic mass is 32.1. The van der Waals surface area contributed by atoms with Gasteiger partial charge in [0.15, 0.2) is 5.13 Å². The van der Waals surface area contributed by atoms with E-state index in [4.69, 9.17) is 4.98 Å². The molecule has 0 saturated carbocycles. The lowest BCUT2D eigenvalue weighted by atomic mass is 10.2. The summed E-state index contributed by atoms with van der Waals surface area (Å²) in [6.07, 6.45) is 6.31. The Hall–Kier alpha value is -0.650. The van der Waals surface area contributed by atoms with Crippen molar-refractivity contribution in [1.82, 2.24) is 15.2 Å². The fourth-order valence-corrected chi connectivity index (χ4v) is 4.77. The lowest BCUT2D eigenvalue weighted by molar-refractivity contribution is 0.273. The Balaban J connectivity index is 1.76. The largest absolute Gasteiger partial charge is 0.346 e. The molecule has 21 heavy (non-hydrogen) atoms. The predicted molar refractivity (Wildman–Crippen MR) is 90.3 cm³/mol. The van der Waals surface area contributed by atoms with Crippen LogP contribution in [0, 0.1) is 0 Å². The van der Waals surface area contributed by atoms with Crippen LogP contribution in [0.15, 0.2) is 0 Å². The van der Waals surface area contributed by atoms with Crippen LogP contribution in [0.2, 0.25) is 0 Å². The number of aryl methyl sites for hydroxylation is 1. The molecular formula is C16H28N4S. The van der Waals surface area contributed by atoms with Crippen LogP contribution < -0.4 is 10.2 Å². The van der Waals surface area contributed by atoms with Crippen LogP contribution in [-0.4, -0.2) is 49.2 Å². The highest BCUT2D eigenvalue weighted by Crippen LogP contribution is 2.30. The van der Waals surface area contributed by atoms with Crippen molar-refractivity contribution in [1.29, 1.82) is 0 Å². The maximum Gasteiger partial charge on any atom is 0.185 e. The van der Waals surface area contributed by atoms with Crippen molar-refractivity contribution in [2.75, 3.05) is 38.1 Å². The molecule has 1 aromatic rings. The van der Waals surface area contributed by atoms with E-state index in [0.29, 0.717) is 0 Å². The van der Waals surface area contributed by atoms with Gasteiger partial charge >= 0.3 is 0 Å². The van der Waals surface area contributed by atoms with Gasteiger partial charge in [0.25, 0.3) is 0 Å². The molecule has 0 aliphatic carbocycles. The van der Waals surface area contributed by atoms with E-state index in [-0.39, 0.29) is 0 Å². The Bertz CT molecular complexity index is 436. The molecule has 1 atom stereocenters. The van der Waals surface area contributed by atoms with Crippen molar-refractivity contribution in [2.45, 2.75) is 51.6 Å². The molecule has 2 fully saturated rings. The third kappa shape index (κ3) is 3.41. The third-order valence-electron chi connectivity index (χ3n) is 4.67. The molecule has 4 nitrogen and oxygen atoms in total. The minimum absolute atomic E-state index is 0.763. The van der Waals surface area contributed by atoms with Gasteiger partial charge in [0, 0.05) is 37.1 Å². The van der Waals surface area contributed by atoms with E-state index in [1.165, 1.54) is 67.6 Å². The molecule has 1 unspecified atom stereocenters. The standard InChI is InChI=1S/C16H28N4S/c1-3-6-14-15(11-17-2)21-16(18-14)20-10-5-9-19-8-4-7-13(19)12-20/h13,17H,3-12H2,1-2H3. The van der Waals surface area contributed by atoms with Crippen LogP contribution in [0.3, 0.4) is 0 Å². The minimum Gasteiger partial charge on any atom is -0.346 e. The zero-order chi connectivity index (χ0) is 14.7. The molecule has 5 heteroatoms. The number of thiazole rings is 1. The van der Waals surface area contributed by atoms with Crippen LogP contribution in [0.4, 0.5) is 5.13 Å². The molecule has 0 spiro atoms. The monoisotopic (exact) mass is 308 g/mol. The van der Waals surface area contributed by atoms with E-state index in [1.807, 2.05) is 18.4 Å². The summed E-state index contributed by atoms with van der Waals surface area (Å²) < 4.78 is 0. The Morgan fingerprint density at radius 1 is 1.29 bits per heavy atom. The van der Waals surface area contributed by atoms with Crippen molar-refractivity contribution >= 4 is 16.5 Å². The zero-order valence-electron chi connectivity index (χ0n) is 13.4. The summed E-state index contributed by atoms with van der Waals surface area (Å²) in [5, 5.41) is 4.55. The fourth-order valence-electron chi connectivity index (χ4n) is 3.62. The smallest absolute Gasteiger partial charge is 0.185 e. The molecule has 3 heterocycles. The van der Waals surface area contributed by atoms with E-state index >= 15 is 0 Å². The van der Waals surface area contributed by atoms with E-state index in [0.717, 1.165) is 19.0 Å². The summed E-state index contributed by atoms with van der Waals surface area (Å²) in [5.74, 6) is 0. The predicted octanol–water partition coefficient (Wildman–Crippen LogP) is 2.49. The molecule has 1 N–H and O–H groups in total. The van der Waals surface area contributed by atoms with E-state index in [9.17, 15) is 0 Å². The number of nitrogens with zero attached hydrogens (tertiary/aromatic N) is 3. The van der Waals surface area contributed by atoms with Gasteiger partial charge in [0.1, 0.15) is 0 Å². The number of rotatable bonds is 5. The lowest BCUT2D eigenvalue weighted by Crippen LogP contribution is -2.36. The number of fused-ring (bicyclic) bond motifs is 1. The van der Waals surface area contributed by atoms with Gasteiger partial charge in [0.2, 0.25) is 0 Å². The van der Waals surface area contributed by atoms with Crippen molar-refractivity contribution in [3.8, 4) is 0 Å². The number of aromatic nitrogens is 1. The summed E-state index contributed by atoms with van der Waals surface area (Å²) in [7, 11) is 2.03. The number of anilines is 1. The molecule has 3 rings (SSSR count). The van der Waals surface area contributed by atoms with Gasteiger partial charge in [-0.25, -0.2) is 4.98 Å². The summed E-state index contributed by atoms with van der Waals surface area (Å²) in [4.78, 5) is 11.7. The van der Waals surface area contributed by atoms with Gasteiger partial charge in [-0.15, -0.1) is 11.3 Å². The lowest BCUT2D eigenvalue weighted by Gasteiger charge is -2.25. The third-order valence-corrected chi connectivity index (χ3v) is 5.82. The maximum atomic E-state index is 4.98. The molecule has 0 radical (unpaired) electrons. The first-order chi connectivity index (χ1) is 10.3. The summed E-state index contributed by atoms with van der Waals surface area (Å²) in [6.45, 7) is 8.13. The molecule has 2 aliphatic rings. The second-order valence-corrected chi connectivity index (χ2v) is 7.34. The molecule has 0 aromatic carbocycles. The number of hydrogen-bond donors (Lipinski definition) is 1. The van der Waals surface area contributed by atoms with Crippen LogP contribution in [0.25, 0.3) is 0 Å². The quantitative estimate of drug-likeness (QED) is 0.905. The summed E-state index contributed by atoms with van der Waals surface area (Å²) >= 11 is 1.91. The molecular weight excluding hydrogens is 280 g/mol. The fraction of sp³-hybridized carbons (Fsp3) is 0.812. The average molecular weight is 308 g/mol. The Kier molecular flexibility index (Phi) is 5.14. The normalized spacial score (nSPS) is 23.3. The summed E-state index contributed by atoms with van der Waals surface area (Å²) in [5.41, 5.74) is 1.32. The molecule has 118 valence electrons. The Labute approximate surface area is 132 Å². The first-order valence-electron chi connectivity index (χ1n) is 8.44. The second kappa shape index (κ2) is 7.07. The first-order valence-corrected chi connectivity index (χ1v) is 9.25. The van der Waals surface area contributed by atoms with Crippen LogP contribution >= 0.6 is 11.3 Å². The molecule has 0 bridgehead atoms. The van der Waals surface area contributed by atoms with Gasteiger partial charge in [-0.2, -0.15) is 0 Å².